The molecule has 0 aromatic heterocycles. The molecule has 0 spiro atoms. The lowest BCUT2D eigenvalue weighted by Gasteiger charge is -2.09. The lowest BCUT2D eigenvalue weighted by atomic mass is 10.00. The molecule has 2 aromatic carbocycles. The van der Waals surface area contributed by atoms with Crippen molar-refractivity contribution in [2.75, 3.05) is 7.11 Å². The summed E-state index contributed by atoms with van der Waals surface area (Å²) in [6.45, 7) is 0. The van der Waals surface area contributed by atoms with Gasteiger partial charge in [0.1, 0.15) is 5.75 Å². The number of methoxy groups -OCH3 is 1. The SMILES string of the molecule is COc1cccc(-c2ccc(Cl)cc2)c1C=O. The van der Waals surface area contributed by atoms with Gasteiger partial charge >= 0.3 is 0 Å². The molecule has 86 valence electrons. The van der Waals surface area contributed by atoms with Crippen molar-refractivity contribution in [1.82, 2.24) is 0 Å². The van der Waals surface area contributed by atoms with Gasteiger partial charge in [0.25, 0.3) is 0 Å². The minimum atomic E-state index is 0.553. The van der Waals surface area contributed by atoms with Gasteiger partial charge in [-0.2, -0.15) is 0 Å². The minimum absolute atomic E-state index is 0.553. The molecule has 0 heterocycles. The molecule has 0 aliphatic heterocycles. The standard InChI is InChI=1S/C14H11ClO2/c1-17-14-4-2-3-12(13(14)9-16)10-5-7-11(15)8-6-10/h2-9H,1H3. The van der Waals surface area contributed by atoms with Crippen molar-refractivity contribution in [2.45, 2.75) is 0 Å². The Morgan fingerprint density at radius 1 is 1.12 bits per heavy atom. The van der Waals surface area contributed by atoms with Gasteiger partial charge in [-0.1, -0.05) is 35.9 Å². The average molecular weight is 247 g/mol. The van der Waals surface area contributed by atoms with Gasteiger partial charge in [0.05, 0.1) is 12.7 Å². The van der Waals surface area contributed by atoms with Crippen LogP contribution in [-0.2, 0) is 0 Å². The molecular weight excluding hydrogens is 236 g/mol. The summed E-state index contributed by atoms with van der Waals surface area (Å²) in [5, 5.41) is 0.671. The highest BCUT2D eigenvalue weighted by Crippen LogP contribution is 2.29. The maximum atomic E-state index is 11.1. The third-order valence-corrected chi connectivity index (χ3v) is 2.81. The molecule has 0 atom stereocenters. The quantitative estimate of drug-likeness (QED) is 0.770. The fourth-order valence-electron chi connectivity index (χ4n) is 1.72. The zero-order valence-electron chi connectivity index (χ0n) is 9.31. The highest BCUT2D eigenvalue weighted by atomic mass is 35.5. The van der Waals surface area contributed by atoms with Gasteiger partial charge < -0.3 is 4.74 Å². The highest BCUT2D eigenvalue weighted by molar-refractivity contribution is 6.30. The predicted octanol–water partition coefficient (Wildman–Crippen LogP) is 3.83. The van der Waals surface area contributed by atoms with Crippen LogP contribution in [0.5, 0.6) is 5.75 Å². The number of rotatable bonds is 3. The Bertz CT molecular complexity index is 532. The van der Waals surface area contributed by atoms with Crippen LogP contribution in [0, 0.1) is 0 Å². The minimum Gasteiger partial charge on any atom is -0.496 e. The third kappa shape index (κ3) is 2.32. The van der Waals surface area contributed by atoms with Gasteiger partial charge in [0.2, 0.25) is 0 Å². The van der Waals surface area contributed by atoms with E-state index in [-0.39, 0.29) is 0 Å². The Morgan fingerprint density at radius 2 is 1.82 bits per heavy atom. The molecule has 2 aromatic rings. The van der Waals surface area contributed by atoms with Crippen molar-refractivity contribution in [2.24, 2.45) is 0 Å². The van der Waals surface area contributed by atoms with E-state index >= 15 is 0 Å². The molecule has 0 aliphatic carbocycles. The zero-order valence-corrected chi connectivity index (χ0v) is 10.1. The van der Waals surface area contributed by atoms with E-state index in [0.717, 1.165) is 17.4 Å². The second-order valence-corrected chi connectivity index (χ2v) is 3.98. The van der Waals surface area contributed by atoms with E-state index < -0.39 is 0 Å². The van der Waals surface area contributed by atoms with E-state index in [9.17, 15) is 4.79 Å². The van der Waals surface area contributed by atoms with E-state index in [2.05, 4.69) is 0 Å². The lowest BCUT2D eigenvalue weighted by Crippen LogP contribution is -1.93. The molecule has 0 saturated heterocycles. The van der Waals surface area contributed by atoms with Crippen molar-refractivity contribution in [3.05, 3.63) is 53.1 Å². The van der Waals surface area contributed by atoms with E-state index in [4.69, 9.17) is 16.3 Å². The topological polar surface area (TPSA) is 26.3 Å². The van der Waals surface area contributed by atoms with Crippen LogP contribution < -0.4 is 4.74 Å². The first-order valence-electron chi connectivity index (χ1n) is 5.14. The number of hydrogen-bond donors (Lipinski definition) is 0. The highest BCUT2D eigenvalue weighted by Gasteiger charge is 2.09. The van der Waals surface area contributed by atoms with Gasteiger partial charge in [0.15, 0.2) is 6.29 Å². The first-order chi connectivity index (χ1) is 8.26. The number of ether oxygens (including phenoxy) is 1. The van der Waals surface area contributed by atoms with Crippen molar-refractivity contribution in [3.63, 3.8) is 0 Å². The van der Waals surface area contributed by atoms with Gasteiger partial charge in [-0.3, -0.25) is 4.79 Å². The molecule has 17 heavy (non-hydrogen) atoms. The summed E-state index contributed by atoms with van der Waals surface area (Å²) in [6, 6.07) is 12.9. The van der Waals surface area contributed by atoms with Crippen LogP contribution >= 0.6 is 11.6 Å². The zero-order chi connectivity index (χ0) is 12.3. The lowest BCUT2D eigenvalue weighted by molar-refractivity contribution is 0.112. The largest absolute Gasteiger partial charge is 0.496 e. The second-order valence-electron chi connectivity index (χ2n) is 3.55. The van der Waals surface area contributed by atoms with Crippen LogP contribution in [-0.4, -0.2) is 13.4 Å². The van der Waals surface area contributed by atoms with Crippen molar-refractivity contribution in [3.8, 4) is 16.9 Å². The van der Waals surface area contributed by atoms with Gasteiger partial charge in [-0.15, -0.1) is 0 Å². The molecule has 0 bridgehead atoms. The number of carbonyl (C=O) groups is 1. The van der Waals surface area contributed by atoms with Crippen LogP contribution in [0.3, 0.4) is 0 Å². The molecule has 0 fully saturated rings. The fraction of sp³-hybridized carbons (Fsp3) is 0.0714. The Morgan fingerprint density at radius 3 is 2.41 bits per heavy atom. The Kier molecular flexibility index (Phi) is 3.45. The maximum Gasteiger partial charge on any atom is 0.154 e. The molecule has 0 unspecified atom stereocenters. The normalized spacial score (nSPS) is 10.0. The molecular formula is C14H11ClO2. The summed E-state index contributed by atoms with van der Waals surface area (Å²) in [5.41, 5.74) is 2.34. The van der Waals surface area contributed by atoms with E-state index in [1.807, 2.05) is 24.3 Å². The maximum absolute atomic E-state index is 11.1. The number of hydrogen-bond acceptors (Lipinski definition) is 2. The van der Waals surface area contributed by atoms with E-state index in [1.54, 1.807) is 25.3 Å². The van der Waals surface area contributed by atoms with Crippen LogP contribution in [0.2, 0.25) is 5.02 Å². The van der Waals surface area contributed by atoms with Crippen LogP contribution in [0.25, 0.3) is 11.1 Å². The molecule has 0 saturated carbocycles. The number of halogens is 1. The van der Waals surface area contributed by atoms with Gasteiger partial charge in [-0.25, -0.2) is 0 Å². The van der Waals surface area contributed by atoms with Crippen molar-refractivity contribution in [1.29, 1.82) is 0 Å². The smallest absolute Gasteiger partial charge is 0.154 e. The first kappa shape index (κ1) is 11.7. The monoisotopic (exact) mass is 246 g/mol. The van der Waals surface area contributed by atoms with Gasteiger partial charge in [0, 0.05) is 5.02 Å². The summed E-state index contributed by atoms with van der Waals surface area (Å²) in [5.74, 6) is 0.576. The predicted molar refractivity (Wildman–Crippen MR) is 68.8 cm³/mol. The summed E-state index contributed by atoms with van der Waals surface area (Å²) in [6.07, 6.45) is 0.808. The molecule has 0 aliphatic rings. The molecule has 0 radical (unpaired) electrons. The van der Waals surface area contributed by atoms with E-state index in [0.29, 0.717) is 16.3 Å². The number of benzene rings is 2. The Labute approximate surface area is 105 Å². The van der Waals surface area contributed by atoms with Crippen LogP contribution in [0.1, 0.15) is 10.4 Å². The van der Waals surface area contributed by atoms with E-state index in [1.165, 1.54) is 0 Å². The molecule has 2 rings (SSSR count). The summed E-state index contributed by atoms with van der Waals surface area (Å²) < 4.78 is 5.16. The fourth-order valence-corrected chi connectivity index (χ4v) is 1.85. The molecule has 3 heteroatoms. The van der Waals surface area contributed by atoms with Crippen LogP contribution in [0.4, 0.5) is 0 Å². The Hall–Kier alpha value is -1.80. The third-order valence-electron chi connectivity index (χ3n) is 2.56. The molecule has 2 nitrogen and oxygen atoms in total. The van der Waals surface area contributed by atoms with Crippen molar-refractivity contribution >= 4 is 17.9 Å². The summed E-state index contributed by atoms with van der Waals surface area (Å²) >= 11 is 5.84. The molecule has 0 amide bonds. The van der Waals surface area contributed by atoms with Crippen molar-refractivity contribution < 1.29 is 9.53 Å². The number of carbonyl (C=O) groups excluding carboxylic acids is 1. The van der Waals surface area contributed by atoms with Crippen LogP contribution in [0.15, 0.2) is 42.5 Å². The number of aldehydes is 1. The Balaban J connectivity index is 2.58. The first-order valence-corrected chi connectivity index (χ1v) is 5.52. The average Bonchev–Trinajstić information content (AvgIpc) is 2.38. The summed E-state index contributed by atoms with van der Waals surface area (Å²) in [7, 11) is 1.55. The van der Waals surface area contributed by atoms with Gasteiger partial charge in [-0.05, 0) is 29.3 Å². The second kappa shape index (κ2) is 5.02. The summed E-state index contributed by atoms with van der Waals surface area (Å²) in [4.78, 5) is 11.1. The molecule has 0 N–H and O–H groups in total.